The van der Waals surface area contributed by atoms with Crippen LogP contribution in [0.25, 0.3) is 10.9 Å². The van der Waals surface area contributed by atoms with Gasteiger partial charge in [-0.2, -0.15) is 0 Å². The molecule has 0 radical (unpaired) electrons. The van der Waals surface area contributed by atoms with Gasteiger partial charge in [0.15, 0.2) is 0 Å². The number of aryl methyl sites for hydroxylation is 1. The number of hydrogen-bond acceptors (Lipinski definition) is 6. The lowest BCUT2D eigenvalue weighted by molar-refractivity contribution is -0.117. The third kappa shape index (κ3) is 3.66. The van der Waals surface area contributed by atoms with E-state index >= 15 is 0 Å². The topological polar surface area (TPSA) is 104 Å². The van der Waals surface area contributed by atoms with Crippen LogP contribution in [0.4, 0.5) is 5.88 Å². The summed E-state index contributed by atoms with van der Waals surface area (Å²) in [5, 5.41) is 6.86. The summed E-state index contributed by atoms with van der Waals surface area (Å²) in [6, 6.07) is 8.77. The van der Waals surface area contributed by atoms with E-state index in [0.717, 1.165) is 0 Å². The largest absolute Gasteiger partial charge is 0.338 e. The molecule has 0 saturated heterocycles. The quantitative estimate of drug-likeness (QED) is 0.732. The molecule has 8 heteroatoms. The van der Waals surface area contributed by atoms with Crippen molar-refractivity contribution in [1.29, 1.82) is 0 Å². The lowest BCUT2D eigenvalue weighted by atomic mass is 10.2. The number of carbonyl (C=O) groups is 1. The first-order chi connectivity index (χ1) is 11.5. The molecule has 1 amide bonds. The predicted octanol–water partition coefficient (Wildman–Crippen LogP) is 1.29. The van der Waals surface area contributed by atoms with Crippen LogP contribution in [0.15, 0.2) is 39.6 Å². The van der Waals surface area contributed by atoms with Gasteiger partial charge >= 0.3 is 0 Å². The number of fused-ring (bicyclic) bond motifs is 1. The van der Waals surface area contributed by atoms with Gasteiger partial charge in [0, 0.05) is 6.07 Å². The molecular weight excluding hydrogens is 310 g/mol. The molecule has 0 atom stereocenters. The van der Waals surface area contributed by atoms with E-state index in [1.807, 2.05) is 6.07 Å². The average molecular weight is 327 g/mol. The summed E-state index contributed by atoms with van der Waals surface area (Å²) in [5.41, 5.74) is 1.13. The Labute approximate surface area is 137 Å². The van der Waals surface area contributed by atoms with Crippen molar-refractivity contribution in [3.63, 3.8) is 0 Å². The molecule has 0 fully saturated rings. The van der Waals surface area contributed by atoms with Crippen LogP contribution in [0.5, 0.6) is 0 Å². The number of hydrogen-bond donors (Lipinski definition) is 2. The standard InChI is InChI=1S/C16H17N5O3/c1-10-7-15(24-20-10)19-14(22)9-21(2)8-13-17-12-6-4-3-5-11(12)16(23)18-13/h3-7H,8-9H2,1-2H3,(H,19,22)(H,17,18,23). The van der Waals surface area contributed by atoms with E-state index in [-0.39, 0.29) is 18.0 Å². The lowest BCUT2D eigenvalue weighted by Crippen LogP contribution is -2.31. The zero-order valence-electron chi connectivity index (χ0n) is 13.4. The number of amides is 1. The van der Waals surface area contributed by atoms with E-state index in [4.69, 9.17) is 4.52 Å². The molecule has 2 aromatic heterocycles. The molecule has 0 saturated carbocycles. The second kappa shape index (κ2) is 6.63. The van der Waals surface area contributed by atoms with E-state index in [9.17, 15) is 9.59 Å². The second-order valence-corrected chi connectivity index (χ2v) is 5.58. The van der Waals surface area contributed by atoms with Crippen molar-refractivity contribution < 1.29 is 9.32 Å². The number of anilines is 1. The molecule has 0 aliphatic carbocycles. The Morgan fingerprint density at radius 1 is 1.38 bits per heavy atom. The molecule has 0 aliphatic heterocycles. The van der Waals surface area contributed by atoms with Crippen LogP contribution in [-0.2, 0) is 11.3 Å². The first-order valence-corrected chi connectivity index (χ1v) is 7.41. The number of rotatable bonds is 5. The highest BCUT2D eigenvalue weighted by atomic mass is 16.5. The van der Waals surface area contributed by atoms with Crippen LogP contribution in [0.1, 0.15) is 11.5 Å². The number of aromatic amines is 1. The van der Waals surface area contributed by atoms with Gasteiger partial charge in [-0.3, -0.25) is 19.8 Å². The number of carbonyl (C=O) groups excluding carboxylic acids is 1. The van der Waals surface area contributed by atoms with Crippen LogP contribution in [0.3, 0.4) is 0 Å². The maximum Gasteiger partial charge on any atom is 0.258 e. The van der Waals surface area contributed by atoms with E-state index in [1.54, 1.807) is 43.1 Å². The van der Waals surface area contributed by atoms with E-state index in [2.05, 4.69) is 20.4 Å². The highest BCUT2D eigenvalue weighted by molar-refractivity contribution is 5.90. The van der Waals surface area contributed by atoms with Gasteiger partial charge in [0.2, 0.25) is 11.8 Å². The molecule has 8 nitrogen and oxygen atoms in total. The smallest absolute Gasteiger partial charge is 0.258 e. The molecule has 2 N–H and O–H groups in total. The number of H-pyrrole nitrogens is 1. The third-order valence-corrected chi connectivity index (χ3v) is 3.39. The molecule has 24 heavy (non-hydrogen) atoms. The van der Waals surface area contributed by atoms with E-state index < -0.39 is 0 Å². The van der Waals surface area contributed by atoms with Crippen LogP contribution < -0.4 is 10.9 Å². The van der Waals surface area contributed by atoms with Gasteiger partial charge < -0.3 is 9.51 Å². The van der Waals surface area contributed by atoms with Crippen molar-refractivity contribution in [2.75, 3.05) is 18.9 Å². The fraction of sp³-hybridized carbons (Fsp3) is 0.250. The normalized spacial score (nSPS) is 11.1. The fourth-order valence-electron chi connectivity index (χ4n) is 2.37. The summed E-state index contributed by atoms with van der Waals surface area (Å²) in [6.45, 7) is 2.23. The van der Waals surface area contributed by atoms with Gasteiger partial charge in [-0.05, 0) is 26.1 Å². The Bertz CT molecular complexity index is 931. The molecule has 0 spiro atoms. The molecule has 3 rings (SSSR count). The van der Waals surface area contributed by atoms with Gasteiger partial charge in [-0.25, -0.2) is 4.98 Å². The molecule has 1 aromatic carbocycles. The first-order valence-electron chi connectivity index (χ1n) is 7.41. The van der Waals surface area contributed by atoms with E-state index in [0.29, 0.717) is 34.9 Å². The minimum atomic E-state index is -0.239. The average Bonchev–Trinajstić information content (AvgIpc) is 2.92. The Kier molecular flexibility index (Phi) is 4.39. The fourth-order valence-corrected chi connectivity index (χ4v) is 2.37. The number of para-hydroxylation sites is 1. The molecule has 0 bridgehead atoms. The van der Waals surface area contributed by atoms with Crippen molar-refractivity contribution in [3.05, 3.63) is 52.2 Å². The summed E-state index contributed by atoms with van der Waals surface area (Å²) in [5.74, 6) is 0.574. The van der Waals surface area contributed by atoms with Crippen molar-refractivity contribution in [2.24, 2.45) is 0 Å². The highest BCUT2D eigenvalue weighted by Gasteiger charge is 2.11. The third-order valence-electron chi connectivity index (χ3n) is 3.39. The van der Waals surface area contributed by atoms with Gasteiger partial charge in [-0.1, -0.05) is 17.3 Å². The van der Waals surface area contributed by atoms with Gasteiger partial charge in [0.1, 0.15) is 5.82 Å². The maximum atomic E-state index is 12.0. The van der Waals surface area contributed by atoms with E-state index in [1.165, 1.54) is 0 Å². The molecule has 124 valence electrons. The maximum absolute atomic E-state index is 12.0. The minimum absolute atomic E-state index is 0.121. The second-order valence-electron chi connectivity index (χ2n) is 5.58. The number of nitrogens with zero attached hydrogens (tertiary/aromatic N) is 3. The summed E-state index contributed by atoms with van der Waals surface area (Å²) < 4.78 is 4.94. The molecule has 3 aromatic rings. The Morgan fingerprint density at radius 2 is 2.17 bits per heavy atom. The van der Waals surface area contributed by atoms with Crippen LogP contribution in [0.2, 0.25) is 0 Å². The summed E-state index contributed by atoms with van der Waals surface area (Å²) in [6.07, 6.45) is 0. The zero-order valence-corrected chi connectivity index (χ0v) is 13.4. The Hall–Kier alpha value is -3.00. The molecule has 2 heterocycles. The van der Waals surface area contributed by atoms with Gasteiger partial charge in [-0.15, -0.1) is 0 Å². The first kappa shape index (κ1) is 15.9. The molecular formula is C16H17N5O3. The minimum Gasteiger partial charge on any atom is -0.338 e. The van der Waals surface area contributed by atoms with Crippen LogP contribution in [-0.4, -0.2) is 39.5 Å². The Morgan fingerprint density at radius 3 is 2.92 bits per heavy atom. The number of likely N-dealkylation sites (N-methyl/N-ethyl adjacent to an activating group) is 1. The van der Waals surface area contributed by atoms with Gasteiger partial charge in [0.05, 0.1) is 29.7 Å². The number of aromatic nitrogens is 3. The Balaban J connectivity index is 1.65. The monoisotopic (exact) mass is 327 g/mol. The van der Waals surface area contributed by atoms with Crippen LogP contribution in [0, 0.1) is 6.92 Å². The van der Waals surface area contributed by atoms with Crippen molar-refractivity contribution in [2.45, 2.75) is 13.5 Å². The lowest BCUT2D eigenvalue weighted by Gasteiger charge is -2.15. The number of nitrogens with one attached hydrogen (secondary N) is 2. The zero-order chi connectivity index (χ0) is 17.1. The van der Waals surface area contributed by atoms with Crippen LogP contribution >= 0.6 is 0 Å². The summed E-state index contributed by atoms with van der Waals surface area (Å²) >= 11 is 0. The van der Waals surface area contributed by atoms with Crippen molar-refractivity contribution >= 4 is 22.7 Å². The number of benzene rings is 1. The summed E-state index contributed by atoms with van der Waals surface area (Å²) in [4.78, 5) is 32.9. The summed E-state index contributed by atoms with van der Waals surface area (Å²) in [7, 11) is 1.76. The van der Waals surface area contributed by atoms with Crippen molar-refractivity contribution in [1.82, 2.24) is 20.0 Å². The predicted molar refractivity (Wildman–Crippen MR) is 88.6 cm³/mol. The van der Waals surface area contributed by atoms with Gasteiger partial charge in [0.25, 0.3) is 5.56 Å². The molecule has 0 aliphatic rings. The van der Waals surface area contributed by atoms with Crippen molar-refractivity contribution in [3.8, 4) is 0 Å². The highest BCUT2D eigenvalue weighted by Crippen LogP contribution is 2.09. The SMILES string of the molecule is Cc1cc(NC(=O)CN(C)Cc2nc3ccccc3c(=O)[nH]2)on1. The molecule has 0 unspecified atom stereocenters.